The van der Waals surface area contributed by atoms with Gasteiger partial charge in [0, 0.05) is 34.1 Å². The fraction of sp³-hybridized carbons (Fsp3) is 0.423. The van der Waals surface area contributed by atoms with Gasteiger partial charge in [0.05, 0.1) is 14.2 Å². The van der Waals surface area contributed by atoms with Crippen LogP contribution in [0.2, 0.25) is 0 Å². The number of rotatable bonds is 6. The lowest BCUT2D eigenvalue weighted by molar-refractivity contribution is 0.156. The minimum absolute atomic E-state index is 0.0589. The number of amides is 2. The first-order chi connectivity index (χ1) is 17.0. The molecule has 0 bridgehead atoms. The van der Waals surface area contributed by atoms with E-state index in [0.29, 0.717) is 6.04 Å². The van der Waals surface area contributed by atoms with E-state index in [1.54, 1.807) is 14.2 Å². The SMILES string of the molecule is COc1ccc([C@@]23CC[C@H](NC(=O)Nc4ccc(-c5csnn5)cc4)C[C@H]2N(C)CC3)cc1OC. The average Bonchev–Trinajstić information content (AvgIpc) is 3.53. The van der Waals surface area contributed by atoms with Crippen LogP contribution in [-0.2, 0) is 5.41 Å². The van der Waals surface area contributed by atoms with Gasteiger partial charge in [0.1, 0.15) is 5.69 Å². The summed E-state index contributed by atoms with van der Waals surface area (Å²) in [4.78, 5) is 15.2. The number of likely N-dealkylation sites (N-methyl/N-ethyl adjacent to an activating group) is 1. The maximum Gasteiger partial charge on any atom is 0.319 e. The van der Waals surface area contributed by atoms with Gasteiger partial charge in [0.15, 0.2) is 11.5 Å². The standard InChI is InChI=1S/C26H31N5O3S/c1-31-13-12-26(18-6-9-22(33-2)23(14-18)34-3)11-10-20(15-24(26)31)28-25(32)27-19-7-4-17(5-8-19)21-16-35-30-29-21/h4-9,14,16,20,24H,10-13,15H2,1-3H3,(H2,27,28,32)/t20-,24+,26-/m0/s1. The van der Waals surface area contributed by atoms with E-state index in [1.807, 2.05) is 35.7 Å². The van der Waals surface area contributed by atoms with Crippen LogP contribution in [0.3, 0.4) is 0 Å². The Morgan fingerprint density at radius 2 is 1.91 bits per heavy atom. The molecular weight excluding hydrogens is 462 g/mol. The molecule has 0 unspecified atom stereocenters. The molecule has 1 aliphatic heterocycles. The van der Waals surface area contributed by atoms with Crippen molar-refractivity contribution < 1.29 is 14.3 Å². The Balaban J connectivity index is 1.25. The summed E-state index contributed by atoms with van der Waals surface area (Å²) in [6, 6.07) is 14.3. The van der Waals surface area contributed by atoms with Crippen LogP contribution in [0.25, 0.3) is 11.3 Å². The normalized spacial score (nSPS) is 24.0. The summed E-state index contributed by atoms with van der Waals surface area (Å²) in [6.07, 6.45) is 3.96. The molecule has 2 fully saturated rings. The molecule has 184 valence electrons. The number of methoxy groups -OCH3 is 2. The Kier molecular flexibility index (Phi) is 6.62. The highest BCUT2D eigenvalue weighted by atomic mass is 32.1. The van der Waals surface area contributed by atoms with Crippen molar-refractivity contribution in [2.75, 3.05) is 33.1 Å². The second-order valence-electron chi connectivity index (χ2n) is 9.41. The van der Waals surface area contributed by atoms with E-state index in [9.17, 15) is 4.79 Å². The summed E-state index contributed by atoms with van der Waals surface area (Å²) in [5.41, 5.74) is 3.92. The molecule has 2 N–H and O–H groups in total. The predicted octanol–water partition coefficient (Wildman–Crippen LogP) is 4.54. The molecule has 5 rings (SSSR count). The second-order valence-corrected chi connectivity index (χ2v) is 10.0. The van der Waals surface area contributed by atoms with Crippen molar-refractivity contribution in [1.82, 2.24) is 19.8 Å². The van der Waals surface area contributed by atoms with Gasteiger partial charge in [-0.15, -0.1) is 5.10 Å². The number of urea groups is 1. The number of nitrogens with one attached hydrogen (secondary N) is 2. The van der Waals surface area contributed by atoms with Crippen molar-refractivity contribution in [3.8, 4) is 22.8 Å². The molecule has 8 nitrogen and oxygen atoms in total. The third-order valence-electron chi connectivity index (χ3n) is 7.62. The molecule has 35 heavy (non-hydrogen) atoms. The van der Waals surface area contributed by atoms with Crippen LogP contribution in [0.1, 0.15) is 31.2 Å². The Morgan fingerprint density at radius 1 is 1.11 bits per heavy atom. The van der Waals surface area contributed by atoms with Crippen LogP contribution >= 0.6 is 11.5 Å². The first-order valence-corrected chi connectivity index (χ1v) is 12.7. The zero-order valence-corrected chi connectivity index (χ0v) is 21.1. The lowest BCUT2D eigenvalue weighted by atomic mass is 9.65. The number of hydrogen-bond acceptors (Lipinski definition) is 7. The molecule has 3 atom stereocenters. The van der Waals surface area contributed by atoms with Gasteiger partial charge in [-0.1, -0.05) is 22.7 Å². The molecule has 0 radical (unpaired) electrons. The van der Waals surface area contributed by atoms with Crippen molar-refractivity contribution in [2.24, 2.45) is 0 Å². The van der Waals surface area contributed by atoms with Crippen LogP contribution in [0.15, 0.2) is 47.8 Å². The van der Waals surface area contributed by atoms with E-state index in [2.05, 4.69) is 44.3 Å². The average molecular weight is 494 g/mol. The monoisotopic (exact) mass is 493 g/mol. The Labute approximate surface area is 209 Å². The summed E-state index contributed by atoms with van der Waals surface area (Å²) >= 11 is 1.32. The molecule has 2 heterocycles. The van der Waals surface area contributed by atoms with Gasteiger partial charge in [-0.2, -0.15) is 0 Å². The third kappa shape index (κ3) is 4.58. The van der Waals surface area contributed by atoms with Crippen molar-refractivity contribution in [2.45, 2.75) is 43.2 Å². The first-order valence-electron chi connectivity index (χ1n) is 11.9. The lowest BCUT2D eigenvalue weighted by Crippen LogP contribution is -2.52. The van der Waals surface area contributed by atoms with Gasteiger partial charge in [-0.25, -0.2) is 4.79 Å². The van der Waals surface area contributed by atoms with Crippen molar-refractivity contribution >= 4 is 23.3 Å². The largest absolute Gasteiger partial charge is 0.493 e. The number of hydrogen-bond donors (Lipinski definition) is 2. The number of aromatic nitrogens is 2. The van der Waals surface area contributed by atoms with Gasteiger partial charge in [-0.3, -0.25) is 0 Å². The van der Waals surface area contributed by atoms with Gasteiger partial charge < -0.3 is 25.0 Å². The van der Waals surface area contributed by atoms with Gasteiger partial charge in [0.25, 0.3) is 0 Å². The zero-order chi connectivity index (χ0) is 24.4. The number of ether oxygens (including phenoxy) is 2. The Hall–Kier alpha value is -3.17. The van der Waals surface area contributed by atoms with Crippen LogP contribution in [0.4, 0.5) is 10.5 Å². The highest BCUT2D eigenvalue weighted by Gasteiger charge is 2.50. The highest BCUT2D eigenvalue weighted by molar-refractivity contribution is 7.03. The van der Waals surface area contributed by atoms with E-state index in [1.165, 1.54) is 17.1 Å². The smallest absolute Gasteiger partial charge is 0.319 e. The molecule has 1 saturated carbocycles. The number of anilines is 1. The Bertz CT molecular complexity index is 1170. The van der Waals surface area contributed by atoms with Crippen LogP contribution < -0.4 is 20.1 Å². The molecule has 1 aromatic heterocycles. The van der Waals surface area contributed by atoms with E-state index in [0.717, 1.165) is 60.7 Å². The lowest BCUT2D eigenvalue weighted by Gasteiger charge is -2.45. The minimum atomic E-state index is -0.169. The van der Waals surface area contributed by atoms with Crippen LogP contribution in [-0.4, -0.2) is 60.4 Å². The predicted molar refractivity (Wildman–Crippen MR) is 137 cm³/mol. The summed E-state index contributed by atoms with van der Waals surface area (Å²) in [5.74, 6) is 1.52. The van der Waals surface area contributed by atoms with Gasteiger partial charge in [0.2, 0.25) is 0 Å². The fourth-order valence-corrected chi connectivity index (χ4v) is 6.23. The number of likely N-dealkylation sites (tertiary alicyclic amines) is 1. The third-order valence-corrected chi connectivity index (χ3v) is 8.12. The number of benzene rings is 2. The zero-order valence-electron chi connectivity index (χ0n) is 20.3. The topological polar surface area (TPSA) is 88.6 Å². The first kappa shape index (κ1) is 23.6. The maximum atomic E-state index is 12.8. The van der Waals surface area contributed by atoms with E-state index in [-0.39, 0.29) is 17.5 Å². The molecule has 3 aromatic rings. The van der Waals surface area contributed by atoms with Gasteiger partial charge in [-0.05, 0) is 80.6 Å². The quantitative estimate of drug-likeness (QED) is 0.524. The minimum Gasteiger partial charge on any atom is -0.493 e. The molecule has 2 aliphatic rings. The number of carbonyl (C=O) groups excluding carboxylic acids is 1. The number of nitrogens with zero attached hydrogens (tertiary/aromatic N) is 3. The molecule has 2 amide bonds. The summed E-state index contributed by atoms with van der Waals surface area (Å²) in [6.45, 7) is 1.04. The highest BCUT2D eigenvalue weighted by Crippen LogP contribution is 2.49. The maximum absolute atomic E-state index is 12.8. The Morgan fingerprint density at radius 3 is 2.63 bits per heavy atom. The van der Waals surface area contributed by atoms with Gasteiger partial charge >= 0.3 is 6.03 Å². The fourth-order valence-electron chi connectivity index (χ4n) is 5.76. The van der Waals surface area contributed by atoms with Crippen molar-refractivity contribution in [3.05, 3.63) is 53.4 Å². The number of carbonyl (C=O) groups is 1. The molecule has 1 aliphatic carbocycles. The van der Waals surface area contributed by atoms with Crippen molar-refractivity contribution in [1.29, 1.82) is 0 Å². The van der Waals surface area contributed by atoms with Crippen LogP contribution in [0.5, 0.6) is 11.5 Å². The van der Waals surface area contributed by atoms with E-state index >= 15 is 0 Å². The molecule has 2 aromatic carbocycles. The molecule has 1 saturated heterocycles. The van der Waals surface area contributed by atoms with E-state index < -0.39 is 0 Å². The summed E-state index contributed by atoms with van der Waals surface area (Å²) in [5, 5.41) is 12.2. The summed E-state index contributed by atoms with van der Waals surface area (Å²) in [7, 11) is 5.53. The molecule has 9 heteroatoms. The second kappa shape index (κ2) is 9.83. The molecule has 0 spiro atoms. The van der Waals surface area contributed by atoms with Crippen molar-refractivity contribution in [3.63, 3.8) is 0 Å². The molecular formula is C26H31N5O3S. The van der Waals surface area contributed by atoms with Crippen LogP contribution in [0, 0.1) is 0 Å². The van der Waals surface area contributed by atoms with E-state index in [4.69, 9.17) is 9.47 Å². The summed E-state index contributed by atoms with van der Waals surface area (Å²) < 4.78 is 14.9. The number of fused-ring (bicyclic) bond motifs is 1.